The van der Waals surface area contributed by atoms with Gasteiger partial charge in [0.2, 0.25) is 5.91 Å². The number of nitrogens with one attached hydrogen (secondary N) is 2. The van der Waals surface area contributed by atoms with E-state index in [1.54, 1.807) is 36.4 Å². The van der Waals surface area contributed by atoms with Gasteiger partial charge < -0.3 is 15.7 Å². The van der Waals surface area contributed by atoms with Crippen molar-refractivity contribution >= 4 is 23.5 Å². The number of hydrogen-bond donors (Lipinski definition) is 3. The first-order valence-electron chi connectivity index (χ1n) is 8.96. The molecule has 2 aromatic carbocycles. The summed E-state index contributed by atoms with van der Waals surface area (Å²) in [6, 6.07) is 12.2. The second-order valence-corrected chi connectivity index (χ2v) is 6.79. The van der Waals surface area contributed by atoms with Crippen LogP contribution in [0.3, 0.4) is 0 Å². The second-order valence-electron chi connectivity index (χ2n) is 6.79. The number of carboxylic acid groups (broad SMARTS) is 1. The lowest BCUT2D eigenvalue weighted by atomic mass is 10.0. The highest BCUT2D eigenvalue weighted by Crippen LogP contribution is 2.21. The summed E-state index contributed by atoms with van der Waals surface area (Å²) in [4.78, 5) is 35.8. The Bertz CT molecular complexity index is 888. The molecular weight excluding hydrogens is 344 g/mol. The Morgan fingerprint density at radius 3 is 2.56 bits per heavy atom. The van der Waals surface area contributed by atoms with E-state index in [1.165, 1.54) is 6.07 Å². The summed E-state index contributed by atoms with van der Waals surface area (Å²) < 4.78 is 0. The predicted molar refractivity (Wildman–Crippen MR) is 102 cm³/mol. The minimum atomic E-state index is -1.00. The van der Waals surface area contributed by atoms with Gasteiger partial charge in [-0.15, -0.1) is 0 Å². The lowest BCUT2D eigenvalue weighted by Crippen LogP contribution is -2.25. The first-order valence-corrected chi connectivity index (χ1v) is 8.96. The van der Waals surface area contributed by atoms with Crippen LogP contribution < -0.4 is 10.6 Å². The molecule has 6 nitrogen and oxygen atoms in total. The molecule has 0 radical (unpaired) electrons. The average molecular weight is 366 g/mol. The zero-order valence-corrected chi connectivity index (χ0v) is 15.1. The Morgan fingerprint density at radius 2 is 1.85 bits per heavy atom. The van der Waals surface area contributed by atoms with E-state index in [2.05, 4.69) is 10.6 Å². The molecule has 140 valence electrons. The molecule has 27 heavy (non-hydrogen) atoms. The number of aryl methyl sites for hydroxylation is 2. The number of aromatic carboxylic acids is 1. The molecule has 6 heteroatoms. The number of carbonyl (C=O) groups excluding carboxylic acids is 2. The second kappa shape index (κ2) is 8.03. The van der Waals surface area contributed by atoms with E-state index in [4.69, 9.17) is 0 Å². The third-order valence-corrected chi connectivity index (χ3v) is 4.56. The van der Waals surface area contributed by atoms with E-state index < -0.39 is 5.97 Å². The van der Waals surface area contributed by atoms with Gasteiger partial charge in [0.1, 0.15) is 0 Å². The lowest BCUT2D eigenvalue weighted by Gasteiger charge is -2.11. The highest BCUT2D eigenvalue weighted by molar-refractivity contribution is 5.98. The number of carbonyl (C=O) groups is 3. The number of hydrogen-bond acceptors (Lipinski definition) is 3. The van der Waals surface area contributed by atoms with Crippen LogP contribution in [0.5, 0.6) is 0 Å². The Hall–Kier alpha value is -3.15. The van der Waals surface area contributed by atoms with Crippen molar-refractivity contribution in [3.8, 4) is 0 Å². The van der Waals surface area contributed by atoms with Crippen molar-refractivity contribution in [1.29, 1.82) is 0 Å². The fourth-order valence-corrected chi connectivity index (χ4v) is 2.80. The van der Waals surface area contributed by atoms with Gasteiger partial charge in [-0.2, -0.15) is 0 Å². The fraction of sp³-hybridized carbons (Fsp3) is 0.286. The average Bonchev–Trinajstić information content (AvgIpc) is 3.46. The first kappa shape index (κ1) is 18.6. The summed E-state index contributed by atoms with van der Waals surface area (Å²) in [6.07, 6.45) is 2.51. The van der Waals surface area contributed by atoms with E-state index >= 15 is 0 Å². The van der Waals surface area contributed by atoms with Crippen molar-refractivity contribution < 1.29 is 19.5 Å². The Balaban J connectivity index is 1.63. The molecule has 1 aliphatic carbocycles. The molecule has 1 saturated carbocycles. The van der Waals surface area contributed by atoms with Gasteiger partial charge in [-0.1, -0.05) is 24.3 Å². The molecule has 1 fully saturated rings. The molecule has 0 bridgehead atoms. The molecule has 2 amide bonds. The number of rotatable bonds is 7. The van der Waals surface area contributed by atoms with Gasteiger partial charge in [-0.3, -0.25) is 9.59 Å². The van der Waals surface area contributed by atoms with Gasteiger partial charge >= 0.3 is 5.97 Å². The van der Waals surface area contributed by atoms with Crippen molar-refractivity contribution in [3.05, 3.63) is 64.7 Å². The van der Waals surface area contributed by atoms with Crippen LogP contribution in [0.15, 0.2) is 42.5 Å². The molecule has 0 aliphatic heterocycles. The Kier molecular flexibility index (Phi) is 5.54. The topological polar surface area (TPSA) is 95.5 Å². The van der Waals surface area contributed by atoms with Gasteiger partial charge in [-0.05, 0) is 55.5 Å². The van der Waals surface area contributed by atoms with Crippen molar-refractivity contribution in [1.82, 2.24) is 5.32 Å². The summed E-state index contributed by atoms with van der Waals surface area (Å²) in [6.45, 7) is 1.86. The summed E-state index contributed by atoms with van der Waals surface area (Å²) >= 11 is 0. The fourth-order valence-electron chi connectivity index (χ4n) is 2.80. The number of carboxylic acids is 1. The zero-order valence-electron chi connectivity index (χ0n) is 15.1. The molecule has 3 rings (SSSR count). The van der Waals surface area contributed by atoms with Crippen LogP contribution in [-0.2, 0) is 11.2 Å². The quantitative estimate of drug-likeness (QED) is 0.701. The monoisotopic (exact) mass is 366 g/mol. The minimum absolute atomic E-state index is 0.136. The van der Waals surface area contributed by atoms with E-state index in [0.717, 1.165) is 18.4 Å². The minimum Gasteiger partial charge on any atom is -0.478 e. The Labute approximate surface area is 157 Å². The first-order chi connectivity index (χ1) is 12.9. The maximum Gasteiger partial charge on any atom is 0.335 e. The van der Waals surface area contributed by atoms with Gasteiger partial charge in [0.15, 0.2) is 0 Å². The van der Waals surface area contributed by atoms with Crippen molar-refractivity contribution in [2.24, 2.45) is 0 Å². The zero-order chi connectivity index (χ0) is 19.4. The summed E-state index contributed by atoms with van der Waals surface area (Å²) in [5.74, 6) is -1.36. The summed E-state index contributed by atoms with van der Waals surface area (Å²) in [5, 5.41) is 15.0. The molecule has 0 spiro atoms. The highest BCUT2D eigenvalue weighted by atomic mass is 16.4. The largest absolute Gasteiger partial charge is 0.478 e. The molecule has 0 saturated heterocycles. The smallest absolute Gasteiger partial charge is 0.335 e. The van der Waals surface area contributed by atoms with Crippen LogP contribution in [0.4, 0.5) is 5.69 Å². The standard InChI is InChI=1S/C21H22N2O4/c1-13-6-7-15(20(25)22-16-9-10-16)12-18(13)23-19(24)11-8-14-4-2-3-5-17(14)21(26)27/h2-7,12,16H,8-11H2,1H3,(H,22,25)(H,23,24)(H,26,27). The van der Waals surface area contributed by atoms with Crippen LogP contribution in [0.1, 0.15) is 51.1 Å². The van der Waals surface area contributed by atoms with Gasteiger partial charge in [0.25, 0.3) is 5.91 Å². The van der Waals surface area contributed by atoms with Gasteiger partial charge in [0.05, 0.1) is 5.56 Å². The maximum absolute atomic E-state index is 12.3. The van der Waals surface area contributed by atoms with Crippen LogP contribution in [0.25, 0.3) is 0 Å². The lowest BCUT2D eigenvalue weighted by molar-refractivity contribution is -0.116. The number of benzene rings is 2. The van der Waals surface area contributed by atoms with Crippen molar-refractivity contribution in [2.45, 2.75) is 38.6 Å². The highest BCUT2D eigenvalue weighted by Gasteiger charge is 2.24. The molecule has 2 aromatic rings. The summed E-state index contributed by atoms with van der Waals surface area (Å²) in [7, 11) is 0. The van der Waals surface area contributed by atoms with Crippen molar-refractivity contribution in [3.63, 3.8) is 0 Å². The van der Waals surface area contributed by atoms with Crippen molar-refractivity contribution in [2.75, 3.05) is 5.32 Å². The van der Waals surface area contributed by atoms with Crippen LogP contribution in [0, 0.1) is 6.92 Å². The number of amides is 2. The van der Waals surface area contributed by atoms with E-state index in [0.29, 0.717) is 23.2 Å². The van der Waals surface area contributed by atoms with Gasteiger partial charge in [-0.25, -0.2) is 4.79 Å². The molecule has 0 atom stereocenters. The number of anilines is 1. The third kappa shape index (κ3) is 4.94. The summed E-state index contributed by atoms with van der Waals surface area (Å²) in [5.41, 5.74) is 2.79. The van der Waals surface area contributed by atoms with E-state index in [-0.39, 0.29) is 29.8 Å². The molecule has 0 aromatic heterocycles. The van der Waals surface area contributed by atoms with Crippen LogP contribution in [0.2, 0.25) is 0 Å². The third-order valence-electron chi connectivity index (χ3n) is 4.56. The van der Waals surface area contributed by atoms with Crippen LogP contribution >= 0.6 is 0 Å². The molecule has 3 N–H and O–H groups in total. The Morgan fingerprint density at radius 1 is 1.11 bits per heavy atom. The maximum atomic E-state index is 12.3. The SMILES string of the molecule is Cc1ccc(C(=O)NC2CC2)cc1NC(=O)CCc1ccccc1C(=O)O. The van der Waals surface area contributed by atoms with E-state index in [1.807, 2.05) is 6.92 Å². The molecular formula is C21H22N2O4. The molecule has 0 unspecified atom stereocenters. The predicted octanol–water partition coefficient (Wildman–Crippen LogP) is 3.16. The molecule has 0 heterocycles. The molecule has 1 aliphatic rings. The van der Waals surface area contributed by atoms with Crippen LogP contribution in [-0.4, -0.2) is 28.9 Å². The van der Waals surface area contributed by atoms with E-state index in [9.17, 15) is 19.5 Å². The normalized spacial score (nSPS) is 13.1. The van der Waals surface area contributed by atoms with Gasteiger partial charge in [0, 0.05) is 23.7 Å².